The van der Waals surface area contributed by atoms with Crippen LogP contribution in [0.25, 0.3) is 11.0 Å². The van der Waals surface area contributed by atoms with Crippen molar-refractivity contribution in [2.24, 2.45) is 0 Å². The summed E-state index contributed by atoms with van der Waals surface area (Å²) in [5.41, 5.74) is 4.52. The number of rotatable bonds is 14. The summed E-state index contributed by atoms with van der Waals surface area (Å²) >= 11 is 0. The summed E-state index contributed by atoms with van der Waals surface area (Å²) in [7, 11) is 7.99. The SMILES string of the molecule is COc1ccc(C2(CCN3CCC(N(Cc4cccnc4)c4nc5ccccc5[nH]4)CC3)CCN(C(=O)c3cc(OC)c(OC)c(OC)c3)C2)cc1OC. The van der Waals surface area contributed by atoms with E-state index < -0.39 is 0 Å². The van der Waals surface area contributed by atoms with E-state index in [9.17, 15) is 4.79 Å². The largest absolute Gasteiger partial charge is 0.493 e. The highest BCUT2D eigenvalue weighted by atomic mass is 16.5. The Balaban J connectivity index is 1.09. The van der Waals surface area contributed by atoms with Crippen LogP contribution >= 0.6 is 0 Å². The number of nitrogens with zero attached hydrogens (tertiary/aromatic N) is 5. The highest BCUT2D eigenvalue weighted by Crippen LogP contribution is 2.43. The molecule has 0 radical (unpaired) electrons. The van der Waals surface area contributed by atoms with Gasteiger partial charge in [0.25, 0.3) is 5.91 Å². The number of benzene rings is 3. The van der Waals surface area contributed by atoms with Crippen LogP contribution < -0.4 is 28.6 Å². The number of likely N-dealkylation sites (tertiary alicyclic amines) is 2. The van der Waals surface area contributed by atoms with E-state index in [1.807, 2.05) is 41.6 Å². The number of piperidine rings is 1. The van der Waals surface area contributed by atoms with E-state index in [1.165, 1.54) is 0 Å². The monoisotopic (exact) mass is 734 g/mol. The molecule has 1 atom stereocenters. The highest BCUT2D eigenvalue weighted by molar-refractivity contribution is 5.96. The van der Waals surface area contributed by atoms with E-state index in [0.717, 1.165) is 80.0 Å². The minimum atomic E-state index is -0.284. The van der Waals surface area contributed by atoms with Gasteiger partial charge in [-0.15, -0.1) is 0 Å². The molecule has 0 aliphatic carbocycles. The Morgan fingerprint density at radius 2 is 1.59 bits per heavy atom. The molecule has 1 unspecified atom stereocenters. The summed E-state index contributed by atoms with van der Waals surface area (Å²) in [6, 6.07) is 22.3. The first-order valence-corrected chi connectivity index (χ1v) is 18.5. The van der Waals surface area contributed by atoms with Crippen LogP contribution in [-0.4, -0.2) is 105 Å². The molecule has 54 heavy (non-hydrogen) atoms. The third-order valence-electron chi connectivity index (χ3n) is 11.2. The Labute approximate surface area is 316 Å². The molecule has 2 aliphatic heterocycles. The van der Waals surface area contributed by atoms with Gasteiger partial charge in [-0.25, -0.2) is 4.98 Å². The second-order valence-corrected chi connectivity index (χ2v) is 14.1. The van der Waals surface area contributed by atoms with Crippen molar-refractivity contribution in [3.8, 4) is 28.7 Å². The molecular weight excluding hydrogens is 684 g/mol. The van der Waals surface area contributed by atoms with Crippen LogP contribution in [0.5, 0.6) is 28.7 Å². The van der Waals surface area contributed by atoms with Gasteiger partial charge in [0.1, 0.15) is 0 Å². The smallest absolute Gasteiger partial charge is 0.254 e. The molecule has 3 aromatic carbocycles. The van der Waals surface area contributed by atoms with Crippen LogP contribution in [0.2, 0.25) is 0 Å². The van der Waals surface area contributed by atoms with Crippen molar-refractivity contribution in [3.63, 3.8) is 0 Å². The fraction of sp³-hybridized carbons (Fsp3) is 0.405. The van der Waals surface area contributed by atoms with Gasteiger partial charge in [-0.3, -0.25) is 9.78 Å². The van der Waals surface area contributed by atoms with Crippen molar-refractivity contribution in [1.29, 1.82) is 0 Å². The third-order valence-corrected chi connectivity index (χ3v) is 11.2. The van der Waals surface area contributed by atoms with Crippen molar-refractivity contribution in [2.45, 2.75) is 43.7 Å². The number of amides is 1. The maximum Gasteiger partial charge on any atom is 0.254 e. The fourth-order valence-electron chi connectivity index (χ4n) is 8.15. The molecule has 2 fully saturated rings. The lowest BCUT2D eigenvalue weighted by Crippen LogP contribution is -2.46. The van der Waals surface area contributed by atoms with Gasteiger partial charge in [0.2, 0.25) is 11.7 Å². The number of imidazole rings is 1. The molecule has 284 valence electrons. The van der Waals surface area contributed by atoms with Crippen molar-refractivity contribution in [1.82, 2.24) is 24.8 Å². The van der Waals surface area contributed by atoms with E-state index in [0.29, 0.717) is 53.4 Å². The zero-order chi connectivity index (χ0) is 37.7. The first kappa shape index (κ1) is 36.9. The standard InChI is InChI=1S/C42H50N6O6/c1-50-35-13-12-31(25-36(35)51-2)42(17-22-47(28-42)40(49)30-23-37(52-3)39(54-5)38(24-30)53-4)16-21-46-19-14-32(15-20-46)48(27-29-9-8-18-43-26-29)41-44-33-10-6-7-11-34(33)45-41/h6-13,18,23-26,32H,14-17,19-22,27-28H2,1-5H3,(H,44,45). The Kier molecular flexibility index (Phi) is 11.1. The summed E-state index contributed by atoms with van der Waals surface area (Å²) in [5, 5.41) is 0. The quantitative estimate of drug-likeness (QED) is 0.139. The molecule has 0 saturated carbocycles. The molecule has 1 N–H and O–H groups in total. The van der Waals surface area contributed by atoms with Gasteiger partial charge in [0.05, 0.1) is 46.6 Å². The average molecular weight is 735 g/mol. The zero-order valence-corrected chi connectivity index (χ0v) is 31.8. The number of carbonyl (C=O) groups excluding carboxylic acids is 1. The van der Waals surface area contributed by atoms with Gasteiger partial charge in [-0.1, -0.05) is 24.3 Å². The maximum atomic E-state index is 14.1. The first-order chi connectivity index (χ1) is 26.4. The molecule has 2 saturated heterocycles. The van der Waals surface area contributed by atoms with Crippen LogP contribution in [0.3, 0.4) is 0 Å². The number of hydrogen-bond acceptors (Lipinski definition) is 10. The summed E-state index contributed by atoms with van der Waals surface area (Å²) in [6.45, 7) is 4.75. The topological polar surface area (TPSA) is 115 Å². The highest BCUT2D eigenvalue weighted by Gasteiger charge is 2.42. The van der Waals surface area contributed by atoms with Crippen LogP contribution in [0.15, 0.2) is 79.1 Å². The molecule has 2 aliphatic rings. The fourth-order valence-corrected chi connectivity index (χ4v) is 8.15. The maximum absolute atomic E-state index is 14.1. The van der Waals surface area contributed by atoms with Crippen LogP contribution in [-0.2, 0) is 12.0 Å². The number of nitrogens with one attached hydrogen (secondary N) is 1. The zero-order valence-electron chi connectivity index (χ0n) is 31.8. The van der Waals surface area contributed by atoms with Gasteiger partial charge in [-0.05, 0) is 85.8 Å². The van der Waals surface area contributed by atoms with Gasteiger partial charge < -0.3 is 43.4 Å². The van der Waals surface area contributed by atoms with Gasteiger partial charge in [0, 0.05) is 62.1 Å². The predicted octanol–water partition coefficient (Wildman–Crippen LogP) is 6.35. The summed E-state index contributed by atoms with van der Waals surface area (Å²) in [4.78, 5) is 34.0. The normalized spacial score (nSPS) is 17.8. The number of para-hydroxylation sites is 2. The van der Waals surface area contributed by atoms with Gasteiger partial charge in [-0.2, -0.15) is 0 Å². The number of H-pyrrole nitrogens is 1. The number of aromatic amines is 1. The molecule has 12 heteroatoms. The van der Waals surface area contributed by atoms with Crippen LogP contribution in [0, 0.1) is 0 Å². The minimum absolute atomic E-state index is 0.0725. The third kappa shape index (κ3) is 7.48. The number of ether oxygens (including phenoxy) is 5. The average Bonchev–Trinajstić information content (AvgIpc) is 3.87. The number of hydrogen-bond donors (Lipinski definition) is 1. The molecule has 2 aromatic heterocycles. The number of anilines is 1. The lowest BCUT2D eigenvalue weighted by atomic mass is 9.76. The van der Waals surface area contributed by atoms with Crippen molar-refractivity contribution in [3.05, 3.63) is 95.8 Å². The lowest BCUT2D eigenvalue weighted by molar-refractivity contribution is 0.0779. The van der Waals surface area contributed by atoms with Crippen LogP contribution in [0.1, 0.15) is 47.2 Å². The van der Waals surface area contributed by atoms with Crippen molar-refractivity contribution >= 4 is 22.9 Å². The second kappa shape index (κ2) is 16.3. The summed E-state index contributed by atoms with van der Waals surface area (Å²) in [6.07, 6.45) is 7.47. The molecule has 5 aromatic rings. The number of methoxy groups -OCH3 is 5. The molecule has 12 nitrogen and oxygen atoms in total. The first-order valence-electron chi connectivity index (χ1n) is 18.5. The molecule has 0 spiro atoms. The number of aromatic nitrogens is 3. The lowest BCUT2D eigenvalue weighted by Gasteiger charge is -2.40. The van der Waals surface area contributed by atoms with E-state index >= 15 is 0 Å². The van der Waals surface area contributed by atoms with E-state index in [2.05, 4.69) is 50.1 Å². The minimum Gasteiger partial charge on any atom is -0.493 e. The molecule has 4 heterocycles. The van der Waals surface area contributed by atoms with Gasteiger partial charge >= 0.3 is 0 Å². The Morgan fingerprint density at radius 3 is 2.26 bits per heavy atom. The molecule has 0 bridgehead atoms. The van der Waals surface area contributed by atoms with Crippen molar-refractivity contribution < 1.29 is 28.5 Å². The van der Waals surface area contributed by atoms with E-state index in [4.69, 9.17) is 28.7 Å². The summed E-state index contributed by atoms with van der Waals surface area (Å²) < 4.78 is 28.0. The molecule has 1 amide bonds. The van der Waals surface area contributed by atoms with Crippen molar-refractivity contribution in [2.75, 3.05) is 73.2 Å². The van der Waals surface area contributed by atoms with E-state index in [-0.39, 0.29) is 11.3 Å². The predicted molar refractivity (Wildman–Crippen MR) is 208 cm³/mol. The number of fused-ring (bicyclic) bond motifs is 1. The Morgan fingerprint density at radius 1 is 0.852 bits per heavy atom. The summed E-state index contributed by atoms with van der Waals surface area (Å²) in [5.74, 6) is 3.55. The Hall–Kier alpha value is -5.49. The van der Waals surface area contributed by atoms with Crippen LogP contribution in [0.4, 0.5) is 5.95 Å². The molecular formula is C42H50N6O6. The van der Waals surface area contributed by atoms with Gasteiger partial charge in [0.15, 0.2) is 23.0 Å². The van der Waals surface area contributed by atoms with E-state index in [1.54, 1.807) is 47.7 Å². The number of pyridine rings is 1. The Bertz CT molecular complexity index is 1990. The molecule has 7 rings (SSSR count). The second-order valence-electron chi connectivity index (χ2n) is 14.1. The number of carbonyl (C=O) groups is 1.